The SMILES string of the molecule is COc1cccc(/C=C/[I+]c2ccccc2)c1.F[B-](F)(F)F. The smallest absolute Gasteiger partial charge is 0.497 e. The lowest BCUT2D eigenvalue weighted by Crippen LogP contribution is -3.59. The molecule has 0 radical (unpaired) electrons. The molecule has 0 fully saturated rings. The summed E-state index contributed by atoms with van der Waals surface area (Å²) in [5, 5.41) is 0. The van der Waals surface area contributed by atoms with Crippen LogP contribution in [0.3, 0.4) is 0 Å². The average Bonchev–Trinajstić information content (AvgIpc) is 2.47. The first kappa shape index (κ1) is 18.5. The Morgan fingerprint density at radius 3 is 2.18 bits per heavy atom. The van der Waals surface area contributed by atoms with E-state index in [4.69, 9.17) is 4.74 Å². The van der Waals surface area contributed by atoms with Crippen molar-refractivity contribution in [1.82, 2.24) is 0 Å². The molecule has 0 saturated carbocycles. The fourth-order valence-electron chi connectivity index (χ4n) is 1.41. The van der Waals surface area contributed by atoms with Gasteiger partial charge in [-0.05, 0) is 35.9 Å². The van der Waals surface area contributed by atoms with Crippen molar-refractivity contribution >= 4 is 13.3 Å². The van der Waals surface area contributed by atoms with Crippen molar-refractivity contribution in [2.24, 2.45) is 0 Å². The fourth-order valence-corrected chi connectivity index (χ4v) is 3.25. The van der Waals surface area contributed by atoms with Crippen molar-refractivity contribution < 1.29 is 43.2 Å². The minimum absolute atomic E-state index is 0.0348. The van der Waals surface area contributed by atoms with E-state index in [9.17, 15) is 17.3 Å². The highest BCUT2D eigenvalue weighted by Gasteiger charge is 2.20. The molecule has 0 atom stereocenters. The number of halogens is 5. The van der Waals surface area contributed by atoms with Crippen LogP contribution in [0.2, 0.25) is 0 Å². The highest BCUT2D eigenvalue weighted by atomic mass is 127. The Bertz CT molecular complexity index is 582. The first-order valence-electron chi connectivity index (χ1n) is 6.25. The molecule has 22 heavy (non-hydrogen) atoms. The number of rotatable bonds is 4. The maximum Gasteiger partial charge on any atom is 0.673 e. The maximum atomic E-state index is 9.75. The molecule has 7 heteroatoms. The number of hydrogen-bond acceptors (Lipinski definition) is 1. The molecule has 0 bridgehead atoms. The second-order valence-corrected chi connectivity index (χ2v) is 6.56. The molecule has 0 amide bonds. The van der Waals surface area contributed by atoms with Gasteiger partial charge in [0, 0.05) is 0 Å². The lowest BCUT2D eigenvalue weighted by atomic mass is 10.2. The number of hydrogen-bond donors (Lipinski definition) is 0. The summed E-state index contributed by atoms with van der Waals surface area (Å²) in [5.74, 6) is 0.907. The lowest BCUT2D eigenvalue weighted by Gasteiger charge is -1.98. The van der Waals surface area contributed by atoms with Gasteiger partial charge in [-0.2, -0.15) is 0 Å². The van der Waals surface area contributed by atoms with Gasteiger partial charge < -0.3 is 22.0 Å². The maximum absolute atomic E-state index is 9.75. The van der Waals surface area contributed by atoms with Gasteiger partial charge in [-0.1, -0.05) is 30.3 Å². The minimum Gasteiger partial charge on any atom is -0.497 e. The van der Waals surface area contributed by atoms with E-state index in [0.717, 1.165) is 5.75 Å². The molecule has 0 saturated heterocycles. The van der Waals surface area contributed by atoms with Crippen molar-refractivity contribution in [3.63, 3.8) is 0 Å². The Kier molecular flexibility index (Phi) is 8.01. The lowest BCUT2D eigenvalue weighted by molar-refractivity contribution is -0.555. The van der Waals surface area contributed by atoms with Crippen molar-refractivity contribution in [1.29, 1.82) is 0 Å². The van der Waals surface area contributed by atoms with Gasteiger partial charge in [-0.3, -0.25) is 0 Å². The molecule has 0 aromatic heterocycles. The van der Waals surface area contributed by atoms with E-state index in [1.54, 1.807) is 7.11 Å². The van der Waals surface area contributed by atoms with E-state index in [2.05, 4.69) is 46.6 Å². The molecule has 0 aliphatic carbocycles. The zero-order valence-electron chi connectivity index (χ0n) is 11.7. The van der Waals surface area contributed by atoms with Gasteiger partial charge in [-0.15, -0.1) is 0 Å². The summed E-state index contributed by atoms with van der Waals surface area (Å²) in [6.45, 7) is 0. The summed E-state index contributed by atoms with van der Waals surface area (Å²) < 4.78 is 47.9. The van der Waals surface area contributed by atoms with Gasteiger partial charge in [0.15, 0.2) is 7.65 Å². The fraction of sp³-hybridized carbons (Fsp3) is 0.0667. The number of benzene rings is 2. The van der Waals surface area contributed by atoms with Gasteiger partial charge >= 0.3 is 28.5 Å². The van der Waals surface area contributed by atoms with E-state index in [1.165, 1.54) is 9.13 Å². The van der Waals surface area contributed by atoms with Crippen LogP contribution in [0.25, 0.3) is 6.08 Å². The highest BCUT2D eigenvalue weighted by Crippen LogP contribution is 2.12. The van der Waals surface area contributed by atoms with Gasteiger partial charge in [-0.25, -0.2) is 0 Å². The molecule has 2 aromatic carbocycles. The Hall–Kier alpha value is -1.51. The Morgan fingerprint density at radius 2 is 1.59 bits per heavy atom. The van der Waals surface area contributed by atoms with Gasteiger partial charge in [0.1, 0.15) is 5.75 Å². The normalized spacial score (nSPS) is 11.0. The summed E-state index contributed by atoms with van der Waals surface area (Å²) in [5.41, 5.74) is 1.19. The zero-order chi connectivity index (χ0) is 16.4. The largest absolute Gasteiger partial charge is 0.673 e. The Morgan fingerprint density at radius 1 is 0.955 bits per heavy atom. The number of ether oxygens (including phenoxy) is 1. The van der Waals surface area contributed by atoms with Crippen LogP contribution in [-0.4, -0.2) is 14.4 Å². The van der Waals surface area contributed by atoms with Crippen molar-refractivity contribution in [3.8, 4) is 5.75 Å². The van der Waals surface area contributed by atoms with Crippen LogP contribution < -0.4 is 25.9 Å². The van der Waals surface area contributed by atoms with Gasteiger partial charge in [0.05, 0.1) is 7.11 Å². The van der Waals surface area contributed by atoms with Crippen molar-refractivity contribution in [2.45, 2.75) is 0 Å². The number of methoxy groups -OCH3 is 1. The van der Waals surface area contributed by atoms with Gasteiger partial charge in [0.2, 0.25) is 0 Å². The summed E-state index contributed by atoms with van der Waals surface area (Å²) in [7, 11) is -4.31. The van der Waals surface area contributed by atoms with E-state index >= 15 is 0 Å². The molecular weight excluding hydrogens is 410 g/mol. The monoisotopic (exact) mass is 424 g/mol. The molecule has 0 spiro atoms. The predicted molar refractivity (Wildman–Crippen MR) is 77.4 cm³/mol. The van der Waals surface area contributed by atoms with E-state index < -0.39 is 7.25 Å². The molecule has 0 heterocycles. The highest BCUT2D eigenvalue weighted by molar-refractivity contribution is 6.50. The topological polar surface area (TPSA) is 9.23 Å². The predicted octanol–water partition coefficient (Wildman–Crippen LogP) is 1.92. The van der Waals surface area contributed by atoms with E-state index in [-0.39, 0.29) is 21.2 Å². The van der Waals surface area contributed by atoms with Crippen LogP contribution >= 0.6 is 0 Å². The summed E-state index contributed by atoms with van der Waals surface area (Å²) in [6, 6.07) is 18.7. The summed E-state index contributed by atoms with van der Waals surface area (Å²) in [4.78, 5) is 0. The average molecular weight is 424 g/mol. The molecule has 1 nitrogen and oxygen atoms in total. The van der Waals surface area contributed by atoms with Gasteiger partial charge in [0.25, 0.3) is 0 Å². The molecular formula is C15H14BF4IO. The molecule has 118 valence electrons. The first-order valence-corrected chi connectivity index (χ1v) is 8.57. The third kappa shape index (κ3) is 9.43. The summed E-state index contributed by atoms with van der Waals surface area (Å²) >= 11 is -0.0348. The van der Waals surface area contributed by atoms with Crippen LogP contribution in [0.1, 0.15) is 5.56 Å². The quantitative estimate of drug-likeness (QED) is 0.415. The Balaban J connectivity index is 0.000000422. The second kappa shape index (κ2) is 9.50. The molecule has 0 aliphatic rings. The molecule has 0 aliphatic heterocycles. The van der Waals surface area contributed by atoms with E-state index in [1.807, 2.05) is 18.2 Å². The third-order valence-electron chi connectivity index (χ3n) is 2.27. The van der Waals surface area contributed by atoms with Crippen molar-refractivity contribution in [3.05, 3.63) is 67.8 Å². The zero-order valence-corrected chi connectivity index (χ0v) is 13.9. The third-order valence-corrected chi connectivity index (χ3v) is 4.43. The first-order chi connectivity index (χ1) is 10.4. The second-order valence-electron chi connectivity index (χ2n) is 3.97. The molecule has 2 rings (SSSR count). The molecule has 0 N–H and O–H groups in total. The van der Waals surface area contributed by atoms with Crippen LogP contribution in [0.15, 0.2) is 58.7 Å². The molecule has 0 unspecified atom stereocenters. The minimum atomic E-state index is -6.00. The Labute approximate surface area is 137 Å². The van der Waals surface area contributed by atoms with Crippen molar-refractivity contribution in [2.75, 3.05) is 7.11 Å². The standard InChI is InChI=1S/C15H14IO.BF4/c1-17-15-9-5-6-13(12-15)10-11-16-14-7-3-2-4-8-14;2-1(3,4)5/h2-12H,1H3;/q+1;-1/b11-10+;. The van der Waals surface area contributed by atoms with Crippen LogP contribution in [-0.2, 0) is 0 Å². The molecule has 2 aromatic rings. The van der Waals surface area contributed by atoms with Crippen LogP contribution in [0, 0.1) is 3.57 Å². The van der Waals surface area contributed by atoms with Crippen LogP contribution in [0.5, 0.6) is 5.75 Å². The van der Waals surface area contributed by atoms with E-state index in [0.29, 0.717) is 0 Å². The summed E-state index contributed by atoms with van der Waals surface area (Å²) in [6.07, 6.45) is 2.17. The van der Waals surface area contributed by atoms with Crippen LogP contribution in [0.4, 0.5) is 17.3 Å².